The van der Waals surface area contributed by atoms with E-state index in [-0.39, 0.29) is 23.0 Å². The third-order valence-corrected chi connectivity index (χ3v) is 4.87. The first-order valence-electron chi connectivity index (χ1n) is 7.43. The Bertz CT molecular complexity index is 891. The van der Waals surface area contributed by atoms with E-state index in [1.807, 2.05) is 19.1 Å². The fraction of sp³-hybridized carbons (Fsp3) is 0.222. The second kappa shape index (κ2) is 8.15. The van der Waals surface area contributed by atoms with Crippen LogP contribution in [0.5, 0.6) is 0 Å². The fourth-order valence-corrected chi connectivity index (χ4v) is 3.11. The zero-order valence-corrected chi connectivity index (χ0v) is 15.6. The number of nitrogens with zero attached hydrogens (tertiary/aromatic N) is 2. The molecule has 25 heavy (non-hydrogen) atoms. The maximum Gasteiger partial charge on any atom is 0.234 e. The smallest absolute Gasteiger partial charge is 0.234 e. The summed E-state index contributed by atoms with van der Waals surface area (Å²) in [5, 5.41) is 13.0. The van der Waals surface area contributed by atoms with E-state index in [0.29, 0.717) is 27.0 Å². The maximum absolute atomic E-state index is 12.1. The molecule has 2 aromatic rings. The van der Waals surface area contributed by atoms with Crippen LogP contribution < -0.4 is 5.32 Å². The maximum atomic E-state index is 12.1. The summed E-state index contributed by atoms with van der Waals surface area (Å²) in [5.74, 6) is -0.289. The molecule has 0 unspecified atom stereocenters. The van der Waals surface area contributed by atoms with Gasteiger partial charge in [0.2, 0.25) is 5.91 Å². The van der Waals surface area contributed by atoms with Crippen LogP contribution in [0, 0.1) is 25.2 Å². The second-order valence-electron chi connectivity index (χ2n) is 5.44. The molecular formula is C18H16ClN3O2S. The average molecular weight is 374 g/mol. The van der Waals surface area contributed by atoms with Crippen LogP contribution in [0.3, 0.4) is 0 Å². The quantitative estimate of drug-likeness (QED) is 0.628. The van der Waals surface area contributed by atoms with Crippen LogP contribution in [0.2, 0.25) is 5.02 Å². The molecule has 0 aliphatic heterocycles. The van der Waals surface area contributed by atoms with Gasteiger partial charge in [-0.3, -0.25) is 9.59 Å². The van der Waals surface area contributed by atoms with E-state index in [1.54, 1.807) is 19.1 Å². The molecule has 0 radical (unpaired) electrons. The number of carbonyl (C=O) groups is 2. The lowest BCUT2D eigenvalue weighted by Gasteiger charge is -2.09. The van der Waals surface area contributed by atoms with Crippen LogP contribution in [-0.2, 0) is 4.79 Å². The Morgan fingerprint density at radius 1 is 1.32 bits per heavy atom. The monoisotopic (exact) mass is 373 g/mol. The minimum absolute atomic E-state index is 0.0893. The van der Waals surface area contributed by atoms with E-state index in [4.69, 9.17) is 11.6 Å². The molecule has 0 saturated carbocycles. The van der Waals surface area contributed by atoms with E-state index in [2.05, 4.69) is 10.3 Å². The van der Waals surface area contributed by atoms with Crippen molar-refractivity contribution >= 4 is 40.7 Å². The van der Waals surface area contributed by atoms with Gasteiger partial charge in [0.15, 0.2) is 5.78 Å². The zero-order valence-electron chi connectivity index (χ0n) is 14.0. The van der Waals surface area contributed by atoms with Gasteiger partial charge in [0.25, 0.3) is 0 Å². The molecule has 0 aliphatic carbocycles. The number of aryl methyl sites for hydroxylation is 2. The van der Waals surface area contributed by atoms with E-state index in [9.17, 15) is 14.9 Å². The molecule has 1 heterocycles. The van der Waals surface area contributed by atoms with Crippen molar-refractivity contribution in [3.63, 3.8) is 0 Å². The Morgan fingerprint density at radius 2 is 2.04 bits per heavy atom. The van der Waals surface area contributed by atoms with Crippen molar-refractivity contribution in [3.8, 4) is 6.07 Å². The number of aromatic nitrogens is 1. The summed E-state index contributed by atoms with van der Waals surface area (Å²) in [6.07, 6.45) is 0. The molecular weight excluding hydrogens is 358 g/mol. The zero-order chi connectivity index (χ0) is 18.6. The first-order valence-corrected chi connectivity index (χ1v) is 8.79. The number of ketones is 1. The summed E-state index contributed by atoms with van der Waals surface area (Å²) in [6, 6.07) is 8.82. The van der Waals surface area contributed by atoms with Gasteiger partial charge in [-0.25, -0.2) is 4.98 Å². The van der Waals surface area contributed by atoms with Crippen LogP contribution in [0.4, 0.5) is 5.69 Å². The van der Waals surface area contributed by atoms with Gasteiger partial charge < -0.3 is 5.32 Å². The molecule has 1 amide bonds. The number of benzene rings is 1. The third-order valence-electron chi connectivity index (χ3n) is 3.47. The van der Waals surface area contributed by atoms with Crippen LogP contribution in [0.1, 0.15) is 34.1 Å². The van der Waals surface area contributed by atoms with Gasteiger partial charge in [0.1, 0.15) is 11.1 Å². The van der Waals surface area contributed by atoms with Crippen molar-refractivity contribution < 1.29 is 9.59 Å². The molecule has 128 valence electrons. The molecule has 2 rings (SSSR count). The number of nitrogens with one attached hydrogen (secondary N) is 1. The predicted molar refractivity (Wildman–Crippen MR) is 99.2 cm³/mol. The van der Waals surface area contributed by atoms with Crippen LogP contribution in [0.25, 0.3) is 0 Å². The van der Waals surface area contributed by atoms with Crippen LogP contribution >= 0.6 is 23.4 Å². The van der Waals surface area contributed by atoms with Gasteiger partial charge in [-0.2, -0.15) is 5.26 Å². The van der Waals surface area contributed by atoms with E-state index in [0.717, 1.165) is 17.3 Å². The molecule has 1 aromatic heterocycles. The van der Waals surface area contributed by atoms with Crippen molar-refractivity contribution in [1.29, 1.82) is 5.26 Å². The first-order chi connectivity index (χ1) is 11.8. The summed E-state index contributed by atoms with van der Waals surface area (Å²) in [4.78, 5) is 27.9. The molecule has 1 N–H and O–H groups in total. The standard InChI is InChI=1S/C18H16ClN3O2S/c1-10-4-5-14(7-16(10)19)22-17(24)9-25-18-13(8-20)6-15(12(3)23)11(2)21-18/h4-7H,9H2,1-3H3,(H,22,24). The minimum Gasteiger partial charge on any atom is -0.325 e. The van der Waals surface area contributed by atoms with E-state index >= 15 is 0 Å². The van der Waals surface area contributed by atoms with Gasteiger partial charge in [-0.15, -0.1) is 0 Å². The first kappa shape index (κ1) is 19.0. The molecule has 5 nitrogen and oxygen atoms in total. The number of halogens is 1. The minimum atomic E-state index is -0.232. The summed E-state index contributed by atoms with van der Waals surface area (Å²) in [5.41, 5.74) is 2.78. The van der Waals surface area contributed by atoms with Gasteiger partial charge in [-0.05, 0) is 44.5 Å². The number of nitriles is 1. The Balaban J connectivity index is 2.09. The normalized spacial score (nSPS) is 10.2. The van der Waals surface area contributed by atoms with Crippen molar-refractivity contribution in [2.24, 2.45) is 0 Å². The molecule has 7 heteroatoms. The number of hydrogen-bond acceptors (Lipinski definition) is 5. The van der Waals surface area contributed by atoms with Gasteiger partial charge in [0, 0.05) is 22.0 Å². The molecule has 0 fully saturated rings. The molecule has 0 bridgehead atoms. The number of pyridine rings is 1. The van der Waals surface area contributed by atoms with Crippen LogP contribution in [0.15, 0.2) is 29.3 Å². The van der Waals surface area contributed by atoms with Gasteiger partial charge >= 0.3 is 0 Å². The Kier molecular flexibility index (Phi) is 6.18. The highest BCUT2D eigenvalue weighted by Crippen LogP contribution is 2.24. The average Bonchev–Trinajstić information content (AvgIpc) is 2.56. The number of Topliss-reactive ketones (excluding diaryl/α,β-unsaturated/α-hetero) is 1. The van der Waals surface area contributed by atoms with Gasteiger partial charge in [-0.1, -0.05) is 29.4 Å². The molecule has 0 atom stereocenters. The molecule has 1 aromatic carbocycles. The fourth-order valence-electron chi connectivity index (χ4n) is 2.13. The van der Waals surface area contributed by atoms with E-state index in [1.165, 1.54) is 13.0 Å². The highest BCUT2D eigenvalue weighted by molar-refractivity contribution is 8.00. The largest absolute Gasteiger partial charge is 0.325 e. The summed E-state index contributed by atoms with van der Waals surface area (Å²) in [6.45, 7) is 5.01. The number of carbonyl (C=O) groups excluding carboxylic acids is 2. The van der Waals surface area contributed by atoms with Crippen molar-refractivity contribution in [2.75, 3.05) is 11.1 Å². The van der Waals surface area contributed by atoms with Gasteiger partial charge in [0.05, 0.1) is 11.3 Å². The lowest BCUT2D eigenvalue weighted by Crippen LogP contribution is -2.14. The SMILES string of the molecule is CC(=O)c1cc(C#N)c(SCC(=O)Nc2ccc(C)c(Cl)c2)nc1C. The Labute approximate surface area is 155 Å². The topological polar surface area (TPSA) is 82.8 Å². The highest BCUT2D eigenvalue weighted by atomic mass is 35.5. The number of amides is 1. The number of rotatable bonds is 5. The lowest BCUT2D eigenvalue weighted by atomic mass is 10.1. The third kappa shape index (κ3) is 4.81. The summed E-state index contributed by atoms with van der Waals surface area (Å²) < 4.78 is 0. The summed E-state index contributed by atoms with van der Waals surface area (Å²) in [7, 11) is 0. The number of thioether (sulfide) groups is 1. The predicted octanol–water partition coefficient (Wildman–Crippen LogP) is 4.16. The van der Waals surface area contributed by atoms with Crippen molar-refractivity contribution in [1.82, 2.24) is 4.98 Å². The Morgan fingerprint density at radius 3 is 2.64 bits per heavy atom. The lowest BCUT2D eigenvalue weighted by molar-refractivity contribution is -0.113. The molecule has 0 spiro atoms. The highest BCUT2D eigenvalue weighted by Gasteiger charge is 2.14. The second-order valence-corrected chi connectivity index (χ2v) is 6.81. The molecule has 0 aliphatic rings. The summed E-state index contributed by atoms with van der Waals surface area (Å²) >= 11 is 7.19. The number of anilines is 1. The van der Waals surface area contributed by atoms with E-state index < -0.39 is 0 Å². The van der Waals surface area contributed by atoms with Crippen LogP contribution in [-0.4, -0.2) is 22.4 Å². The van der Waals surface area contributed by atoms with Crippen molar-refractivity contribution in [3.05, 3.63) is 51.7 Å². The molecule has 0 saturated heterocycles. The number of hydrogen-bond donors (Lipinski definition) is 1. The van der Waals surface area contributed by atoms with Crippen molar-refractivity contribution in [2.45, 2.75) is 25.8 Å². The Hall–Kier alpha value is -2.36.